The quantitative estimate of drug-likeness (QED) is 0.540. The van der Waals surface area contributed by atoms with Crippen LogP contribution in [-0.4, -0.2) is 16.5 Å². The minimum atomic E-state index is -4.37. The fourth-order valence-corrected chi connectivity index (χ4v) is 3.33. The third kappa shape index (κ3) is 4.00. The van der Waals surface area contributed by atoms with Crippen molar-refractivity contribution in [2.45, 2.75) is 26.1 Å². The highest BCUT2D eigenvalue weighted by molar-refractivity contribution is 5.95. The molecule has 0 radical (unpaired) electrons. The Morgan fingerprint density at radius 3 is 2.67 bits per heavy atom. The summed E-state index contributed by atoms with van der Waals surface area (Å²) in [6.07, 6.45) is -1.83. The van der Waals surface area contributed by atoms with Crippen LogP contribution in [0, 0.1) is 6.92 Å². The van der Waals surface area contributed by atoms with Crippen molar-refractivity contribution >= 4 is 47.2 Å². The number of hydrogen-bond donors (Lipinski definition) is 3. The first-order valence-corrected chi connectivity index (χ1v) is 8.07. The maximum Gasteiger partial charge on any atom is 0.416 e. The molecule has 0 amide bonds. The Morgan fingerprint density at radius 2 is 1.93 bits per heavy atom. The van der Waals surface area contributed by atoms with E-state index in [2.05, 4.69) is 20.6 Å². The number of anilines is 2. The van der Waals surface area contributed by atoms with Crippen LogP contribution in [0.5, 0.6) is 0 Å². The molecular formula is C18H19Cl2F3N4. The summed E-state index contributed by atoms with van der Waals surface area (Å²) >= 11 is 0. The van der Waals surface area contributed by atoms with Crippen molar-refractivity contribution in [1.82, 2.24) is 15.3 Å². The lowest BCUT2D eigenvalue weighted by atomic mass is 10.1. The lowest BCUT2D eigenvalue weighted by molar-refractivity contribution is -0.138. The predicted octanol–water partition coefficient (Wildman–Crippen LogP) is 5.12. The van der Waals surface area contributed by atoms with Crippen molar-refractivity contribution in [2.24, 2.45) is 0 Å². The van der Waals surface area contributed by atoms with Crippen molar-refractivity contribution in [1.29, 1.82) is 0 Å². The molecule has 9 heteroatoms. The van der Waals surface area contributed by atoms with Crippen molar-refractivity contribution < 1.29 is 13.2 Å². The molecule has 3 N–H and O–H groups in total. The van der Waals surface area contributed by atoms with E-state index in [4.69, 9.17) is 0 Å². The van der Waals surface area contributed by atoms with Crippen LogP contribution in [0.4, 0.5) is 24.5 Å². The number of H-pyrrole nitrogens is 1. The number of nitrogens with one attached hydrogen (secondary N) is 3. The zero-order chi connectivity index (χ0) is 17.6. The number of hydrogen-bond acceptors (Lipinski definition) is 3. The number of pyridine rings is 1. The van der Waals surface area contributed by atoms with Gasteiger partial charge in [0.15, 0.2) is 0 Å². The molecular weight excluding hydrogens is 400 g/mol. The Hall–Kier alpha value is -1.96. The first kappa shape index (κ1) is 21.3. The Labute approximate surface area is 166 Å². The summed E-state index contributed by atoms with van der Waals surface area (Å²) < 4.78 is 39.4. The van der Waals surface area contributed by atoms with E-state index in [1.165, 1.54) is 13.0 Å². The van der Waals surface area contributed by atoms with E-state index in [-0.39, 0.29) is 30.4 Å². The molecule has 0 unspecified atom stereocenters. The average Bonchev–Trinajstić information content (AvgIpc) is 2.95. The zero-order valence-corrected chi connectivity index (χ0v) is 16.0. The molecule has 1 aliphatic heterocycles. The van der Waals surface area contributed by atoms with Gasteiger partial charge in [-0.1, -0.05) is 6.07 Å². The second kappa shape index (κ2) is 7.96. The number of nitrogens with zero attached hydrogens (tertiary/aromatic N) is 1. The van der Waals surface area contributed by atoms with Crippen LogP contribution in [0.3, 0.4) is 0 Å². The van der Waals surface area contributed by atoms with E-state index in [1.54, 1.807) is 18.3 Å². The molecule has 146 valence electrons. The smallest absolute Gasteiger partial charge is 0.355 e. The number of aromatic amines is 1. The number of aromatic nitrogens is 2. The topological polar surface area (TPSA) is 52.7 Å². The average molecular weight is 419 g/mol. The van der Waals surface area contributed by atoms with Crippen molar-refractivity contribution in [3.8, 4) is 0 Å². The van der Waals surface area contributed by atoms with Gasteiger partial charge in [0.25, 0.3) is 0 Å². The molecule has 4 nitrogen and oxygen atoms in total. The summed E-state index contributed by atoms with van der Waals surface area (Å²) in [4.78, 5) is 7.67. The van der Waals surface area contributed by atoms with E-state index in [0.717, 1.165) is 53.6 Å². The van der Waals surface area contributed by atoms with Gasteiger partial charge in [-0.15, -0.1) is 24.8 Å². The fourth-order valence-electron chi connectivity index (χ4n) is 3.33. The Kier molecular flexibility index (Phi) is 6.29. The molecule has 1 aliphatic rings. The SMILES string of the molecule is Cc1ccc(Nc2ccnc3[nH]c4c(c23)CNCC4)cc1C(F)(F)F.Cl.Cl. The third-order valence-electron chi connectivity index (χ3n) is 4.56. The molecule has 1 aromatic carbocycles. The summed E-state index contributed by atoms with van der Waals surface area (Å²) in [5.74, 6) is 0. The Morgan fingerprint density at radius 1 is 1.15 bits per heavy atom. The summed E-state index contributed by atoms with van der Waals surface area (Å²) in [5.41, 5.74) is 3.76. The van der Waals surface area contributed by atoms with Gasteiger partial charge in [0.05, 0.1) is 11.3 Å². The molecule has 0 bridgehead atoms. The highest BCUT2D eigenvalue weighted by Gasteiger charge is 2.32. The molecule has 4 rings (SSSR count). The van der Waals surface area contributed by atoms with Crippen LogP contribution in [0.25, 0.3) is 11.0 Å². The number of rotatable bonds is 2. The number of aryl methyl sites for hydroxylation is 1. The van der Waals surface area contributed by atoms with Crippen LogP contribution in [0.1, 0.15) is 22.4 Å². The largest absolute Gasteiger partial charge is 0.416 e. The van der Waals surface area contributed by atoms with E-state index in [9.17, 15) is 13.2 Å². The van der Waals surface area contributed by atoms with Gasteiger partial charge in [-0.2, -0.15) is 13.2 Å². The first-order valence-electron chi connectivity index (χ1n) is 8.07. The van der Waals surface area contributed by atoms with Crippen molar-refractivity contribution in [2.75, 3.05) is 11.9 Å². The zero-order valence-electron chi connectivity index (χ0n) is 14.4. The molecule has 0 atom stereocenters. The van der Waals surface area contributed by atoms with Gasteiger partial charge in [0.2, 0.25) is 0 Å². The molecule has 2 aromatic heterocycles. The van der Waals surface area contributed by atoms with Crippen LogP contribution >= 0.6 is 24.8 Å². The van der Waals surface area contributed by atoms with Gasteiger partial charge in [0, 0.05) is 42.5 Å². The number of fused-ring (bicyclic) bond motifs is 3. The molecule has 0 fully saturated rings. The van der Waals surface area contributed by atoms with Gasteiger partial charge in [-0.3, -0.25) is 0 Å². The first-order chi connectivity index (χ1) is 11.9. The second-order valence-electron chi connectivity index (χ2n) is 6.24. The predicted molar refractivity (Wildman–Crippen MR) is 105 cm³/mol. The maximum atomic E-state index is 13.1. The summed E-state index contributed by atoms with van der Waals surface area (Å²) in [7, 11) is 0. The Balaban J connectivity index is 0.00000131. The van der Waals surface area contributed by atoms with Gasteiger partial charge in [-0.05, 0) is 36.2 Å². The maximum absolute atomic E-state index is 13.1. The molecule has 0 saturated carbocycles. The summed E-state index contributed by atoms with van der Waals surface area (Å²) in [6.45, 7) is 3.08. The van der Waals surface area contributed by atoms with Gasteiger partial charge >= 0.3 is 6.18 Å². The van der Waals surface area contributed by atoms with Gasteiger partial charge in [0.1, 0.15) is 5.65 Å². The van der Waals surface area contributed by atoms with Gasteiger partial charge < -0.3 is 15.6 Å². The van der Waals surface area contributed by atoms with E-state index in [1.807, 2.05) is 0 Å². The minimum Gasteiger partial charge on any atom is -0.355 e. The van der Waals surface area contributed by atoms with Crippen LogP contribution in [0.15, 0.2) is 30.5 Å². The highest BCUT2D eigenvalue weighted by Crippen LogP contribution is 2.36. The molecule has 0 saturated heterocycles. The van der Waals surface area contributed by atoms with E-state index >= 15 is 0 Å². The van der Waals surface area contributed by atoms with E-state index < -0.39 is 11.7 Å². The van der Waals surface area contributed by atoms with Gasteiger partial charge in [-0.25, -0.2) is 4.98 Å². The standard InChI is InChI=1S/C18H17F3N4.2ClH/c1-10-2-3-11(8-13(10)18(19,20)21)24-15-5-7-23-17-16(15)12-9-22-6-4-14(12)25-17;;/h2-3,5,7-8,22H,4,6,9H2,1H3,(H2,23,24,25);2*1H. The van der Waals surface area contributed by atoms with Crippen molar-refractivity contribution in [3.63, 3.8) is 0 Å². The number of halogens is 5. The number of benzene rings is 1. The lowest BCUT2D eigenvalue weighted by Crippen LogP contribution is -2.23. The molecule has 27 heavy (non-hydrogen) atoms. The monoisotopic (exact) mass is 418 g/mol. The van der Waals surface area contributed by atoms with Crippen molar-refractivity contribution in [3.05, 3.63) is 52.8 Å². The van der Waals surface area contributed by atoms with Crippen LogP contribution in [-0.2, 0) is 19.1 Å². The minimum absolute atomic E-state index is 0. The normalized spacial score (nSPS) is 13.5. The third-order valence-corrected chi connectivity index (χ3v) is 4.56. The summed E-state index contributed by atoms with van der Waals surface area (Å²) in [6, 6.07) is 6.09. The fraction of sp³-hybridized carbons (Fsp3) is 0.278. The lowest BCUT2D eigenvalue weighted by Gasteiger charge is -2.16. The highest BCUT2D eigenvalue weighted by atomic mass is 35.5. The molecule has 3 heterocycles. The molecule has 0 aliphatic carbocycles. The van der Waals surface area contributed by atoms with Crippen LogP contribution in [0.2, 0.25) is 0 Å². The molecule has 0 spiro atoms. The Bertz CT molecular complexity index is 954. The number of alkyl halides is 3. The molecule has 3 aromatic rings. The summed E-state index contributed by atoms with van der Waals surface area (Å²) in [5, 5.41) is 7.39. The second-order valence-corrected chi connectivity index (χ2v) is 6.24. The van der Waals surface area contributed by atoms with E-state index in [0.29, 0.717) is 5.69 Å². The van der Waals surface area contributed by atoms with Crippen LogP contribution < -0.4 is 10.6 Å².